The molecular formula is C19H18FN5O2. The van der Waals surface area contributed by atoms with Gasteiger partial charge in [-0.3, -0.25) is 4.79 Å². The van der Waals surface area contributed by atoms with E-state index < -0.39 is 0 Å². The van der Waals surface area contributed by atoms with Crippen molar-refractivity contribution in [2.45, 2.75) is 38.3 Å². The monoisotopic (exact) mass is 367 g/mol. The number of aromatic nitrogens is 4. The highest BCUT2D eigenvalue weighted by atomic mass is 19.1. The molecule has 1 amide bonds. The van der Waals surface area contributed by atoms with Gasteiger partial charge >= 0.3 is 0 Å². The molecule has 0 radical (unpaired) electrons. The lowest BCUT2D eigenvalue weighted by molar-refractivity contribution is 0.0638. The molecule has 1 atom stereocenters. The summed E-state index contributed by atoms with van der Waals surface area (Å²) in [5.74, 6) is 1.76. The largest absolute Gasteiger partial charge is 0.442 e. The van der Waals surface area contributed by atoms with E-state index in [0.29, 0.717) is 42.1 Å². The molecule has 0 N–H and O–H groups in total. The number of hydrogen-bond acceptors (Lipinski definition) is 5. The van der Waals surface area contributed by atoms with Gasteiger partial charge in [0.2, 0.25) is 5.82 Å². The third-order valence-electron chi connectivity index (χ3n) is 5.25. The zero-order chi connectivity index (χ0) is 18.5. The topological polar surface area (TPSA) is 77.1 Å². The van der Waals surface area contributed by atoms with Crippen molar-refractivity contribution in [3.8, 4) is 11.7 Å². The first kappa shape index (κ1) is 16.2. The third kappa shape index (κ3) is 2.72. The van der Waals surface area contributed by atoms with Crippen molar-refractivity contribution in [2.24, 2.45) is 0 Å². The number of fused-ring (bicyclic) bond motifs is 1. The fourth-order valence-corrected chi connectivity index (χ4v) is 3.53. The molecule has 138 valence electrons. The third-order valence-corrected chi connectivity index (χ3v) is 5.25. The summed E-state index contributed by atoms with van der Waals surface area (Å²) in [4.78, 5) is 19.1. The molecule has 8 heteroatoms. The van der Waals surface area contributed by atoms with Crippen molar-refractivity contribution in [3.05, 3.63) is 53.4 Å². The van der Waals surface area contributed by atoms with Gasteiger partial charge < -0.3 is 13.9 Å². The average molecular weight is 367 g/mol. The summed E-state index contributed by atoms with van der Waals surface area (Å²) in [6, 6.07) is 5.34. The lowest BCUT2D eigenvalue weighted by Crippen LogP contribution is -2.41. The van der Waals surface area contributed by atoms with Gasteiger partial charge in [0.15, 0.2) is 5.82 Å². The van der Waals surface area contributed by atoms with Crippen LogP contribution in [0.2, 0.25) is 0 Å². The van der Waals surface area contributed by atoms with E-state index in [9.17, 15) is 9.18 Å². The molecule has 0 saturated heterocycles. The van der Waals surface area contributed by atoms with Gasteiger partial charge in [0.25, 0.3) is 11.8 Å². The second-order valence-corrected chi connectivity index (χ2v) is 7.07. The molecule has 5 rings (SSSR count). The molecular weight excluding hydrogens is 349 g/mol. The predicted molar refractivity (Wildman–Crippen MR) is 93.3 cm³/mol. The predicted octanol–water partition coefficient (Wildman–Crippen LogP) is 3.17. The molecule has 1 aromatic carbocycles. The molecule has 7 nitrogen and oxygen atoms in total. The minimum absolute atomic E-state index is 0.148. The Balaban J connectivity index is 1.42. The van der Waals surface area contributed by atoms with Gasteiger partial charge in [0.1, 0.15) is 12.1 Å². The van der Waals surface area contributed by atoms with Crippen molar-refractivity contribution in [1.29, 1.82) is 0 Å². The van der Waals surface area contributed by atoms with Gasteiger partial charge in [0.05, 0.1) is 11.7 Å². The number of halogens is 1. The zero-order valence-electron chi connectivity index (χ0n) is 14.8. The van der Waals surface area contributed by atoms with Gasteiger partial charge in [0, 0.05) is 24.6 Å². The molecule has 1 saturated carbocycles. The van der Waals surface area contributed by atoms with Crippen LogP contribution in [-0.2, 0) is 6.54 Å². The van der Waals surface area contributed by atoms with Crippen LogP contribution >= 0.6 is 0 Å². The molecule has 1 aliphatic heterocycles. The van der Waals surface area contributed by atoms with E-state index >= 15 is 0 Å². The molecule has 3 heterocycles. The maximum Gasteiger partial charge on any atom is 0.265 e. The summed E-state index contributed by atoms with van der Waals surface area (Å²) in [6.07, 6.45) is 4.01. The van der Waals surface area contributed by atoms with E-state index in [2.05, 4.69) is 15.2 Å². The molecule has 0 bridgehead atoms. The van der Waals surface area contributed by atoms with Crippen LogP contribution in [-0.4, -0.2) is 37.1 Å². The quantitative estimate of drug-likeness (QED) is 0.711. The Morgan fingerprint density at radius 2 is 1.96 bits per heavy atom. The molecule has 0 spiro atoms. The van der Waals surface area contributed by atoms with Gasteiger partial charge in [-0.2, -0.15) is 0 Å². The summed E-state index contributed by atoms with van der Waals surface area (Å²) < 4.78 is 20.7. The van der Waals surface area contributed by atoms with Crippen LogP contribution in [0.25, 0.3) is 11.7 Å². The summed E-state index contributed by atoms with van der Waals surface area (Å²) in [6.45, 7) is 2.97. The molecule has 2 aromatic heterocycles. The fourth-order valence-electron chi connectivity index (χ4n) is 3.53. The molecule has 3 aromatic rings. The maximum absolute atomic E-state index is 13.1. The van der Waals surface area contributed by atoms with Crippen LogP contribution < -0.4 is 0 Å². The van der Waals surface area contributed by atoms with Crippen molar-refractivity contribution in [2.75, 3.05) is 6.54 Å². The van der Waals surface area contributed by atoms with E-state index in [0.717, 1.165) is 18.5 Å². The second kappa shape index (κ2) is 6.00. The second-order valence-electron chi connectivity index (χ2n) is 7.07. The molecule has 27 heavy (non-hydrogen) atoms. The Labute approximate surface area is 154 Å². The van der Waals surface area contributed by atoms with E-state index in [-0.39, 0.29) is 17.8 Å². The van der Waals surface area contributed by atoms with E-state index in [4.69, 9.17) is 4.42 Å². The number of benzene rings is 1. The Bertz CT molecular complexity index is 1010. The molecule has 2 aliphatic rings. The standard InChI is InChI=1S/C19H18FN5O2/c1-11-16-22-23-17(18-21-15(10-27-18)12-2-3-12)25(16)9-8-24(11)19(26)13-4-6-14(20)7-5-13/h4-7,10-12H,2-3,8-9H2,1H3/t11-/m1/s1. The number of carbonyl (C=O) groups excluding carboxylic acids is 1. The summed E-state index contributed by atoms with van der Waals surface area (Å²) in [7, 11) is 0. The van der Waals surface area contributed by atoms with E-state index in [1.807, 2.05) is 11.5 Å². The number of rotatable bonds is 3. The SMILES string of the molecule is C[C@@H]1c2nnc(-c3nc(C4CC4)co3)n2CCN1C(=O)c1ccc(F)cc1. The molecule has 1 aliphatic carbocycles. The van der Waals surface area contributed by atoms with Crippen molar-refractivity contribution in [1.82, 2.24) is 24.6 Å². The van der Waals surface area contributed by atoms with E-state index in [1.165, 1.54) is 24.3 Å². The van der Waals surface area contributed by atoms with Crippen LogP contribution in [0.4, 0.5) is 4.39 Å². The fraction of sp³-hybridized carbons (Fsp3) is 0.368. The Morgan fingerprint density at radius 1 is 1.19 bits per heavy atom. The lowest BCUT2D eigenvalue weighted by atomic mass is 10.1. The number of carbonyl (C=O) groups is 1. The van der Waals surface area contributed by atoms with Crippen LogP contribution in [0, 0.1) is 5.82 Å². The Hall–Kier alpha value is -3.03. The highest BCUT2D eigenvalue weighted by Crippen LogP contribution is 2.40. The number of oxazole rings is 1. The van der Waals surface area contributed by atoms with Gasteiger partial charge in [-0.15, -0.1) is 10.2 Å². The van der Waals surface area contributed by atoms with Crippen LogP contribution in [0.1, 0.15) is 53.6 Å². The maximum atomic E-state index is 13.1. The van der Waals surface area contributed by atoms with Gasteiger partial charge in [-0.25, -0.2) is 9.37 Å². The number of amides is 1. The van der Waals surface area contributed by atoms with Crippen molar-refractivity contribution >= 4 is 5.91 Å². The average Bonchev–Trinajstić information content (AvgIpc) is 3.24. The highest BCUT2D eigenvalue weighted by Gasteiger charge is 2.34. The summed E-state index contributed by atoms with van der Waals surface area (Å²) in [5.41, 5.74) is 1.43. The Morgan fingerprint density at radius 3 is 2.70 bits per heavy atom. The zero-order valence-corrected chi connectivity index (χ0v) is 14.8. The van der Waals surface area contributed by atoms with Gasteiger partial charge in [-0.1, -0.05) is 0 Å². The lowest BCUT2D eigenvalue weighted by Gasteiger charge is -2.33. The first-order valence-electron chi connectivity index (χ1n) is 9.07. The molecule has 0 unspecified atom stereocenters. The first-order chi connectivity index (χ1) is 13.1. The van der Waals surface area contributed by atoms with Crippen molar-refractivity contribution in [3.63, 3.8) is 0 Å². The van der Waals surface area contributed by atoms with E-state index in [1.54, 1.807) is 11.2 Å². The normalized spacial score (nSPS) is 19.2. The van der Waals surface area contributed by atoms with Crippen LogP contribution in [0.3, 0.4) is 0 Å². The minimum Gasteiger partial charge on any atom is -0.442 e. The Kier molecular flexibility index (Phi) is 3.60. The van der Waals surface area contributed by atoms with Crippen LogP contribution in [0.15, 0.2) is 34.9 Å². The smallest absolute Gasteiger partial charge is 0.265 e. The molecule has 1 fully saturated rings. The van der Waals surface area contributed by atoms with Crippen molar-refractivity contribution < 1.29 is 13.6 Å². The van der Waals surface area contributed by atoms with Gasteiger partial charge in [-0.05, 0) is 44.0 Å². The first-order valence-corrected chi connectivity index (χ1v) is 9.07. The minimum atomic E-state index is -0.362. The summed E-state index contributed by atoms with van der Waals surface area (Å²) >= 11 is 0. The highest BCUT2D eigenvalue weighted by molar-refractivity contribution is 5.94. The number of hydrogen-bond donors (Lipinski definition) is 0. The van der Waals surface area contributed by atoms with Crippen LogP contribution in [0.5, 0.6) is 0 Å². The summed E-state index contributed by atoms with van der Waals surface area (Å²) in [5, 5.41) is 8.54. The number of nitrogens with zero attached hydrogens (tertiary/aromatic N) is 5.